The van der Waals surface area contributed by atoms with Crippen LogP contribution in [0, 0.1) is 5.92 Å². The number of likely N-dealkylation sites (tertiary alicyclic amines) is 1. The highest BCUT2D eigenvalue weighted by Crippen LogP contribution is 2.21. The first kappa shape index (κ1) is 15.9. The van der Waals surface area contributed by atoms with Crippen molar-refractivity contribution in [3.63, 3.8) is 0 Å². The van der Waals surface area contributed by atoms with E-state index < -0.39 is 21.9 Å². The fourth-order valence-corrected chi connectivity index (χ4v) is 3.91. The summed E-state index contributed by atoms with van der Waals surface area (Å²) in [4.78, 5) is 13.5. The van der Waals surface area contributed by atoms with Gasteiger partial charge in [0, 0.05) is 25.4 Å². The number of fused-ring (bicyclic) bond motifs is 1. The van der Waals surface area contributed by atoms with Gasteiger partial charge < -0.3 is 4.90 Å². The van der Waals surface area contributed by atoms with E-state index in [1.54, 1.807) is 4.90 Å². The molecule has 0 N–H and O–H groups in total. The number of nitrogens with zero attached hydrogens (tertiary/aromatic N) is 1. The van der Waals surface area contributed by atoms with Gasteiger partial charge in [0.2, 0.25) is 5.91 Å². The SMILES string of the molecule is O=C1CC(CS(=O)(=O)F)CN1CCc1ccc2ccccc2c1. The molecule has 23 heavy (non-hydrogen) atoms. The van der Waals surface area contributed by atoms with E-state index in [-0.39, 0.29) is 12.3 Å². The van der Waals surface area contributed by atoms with E-state index in [2.05, 4.69) is 12.1 Å². The Morgan fingerprint density at radius 3 is 2.61 bits per heavy atom. The van der Waals surface area contributed by atoms with Crippen LogP contribution >= 0.6 is 0 Å². The van der Waals surface area contributed by atoms with Gasteiger partial charge in [-0.1, -0.05) is 42.5 Å². The Labute approximate surface area is 135 Å². The summed E-state index contributed by atoms with van der Waals surface area (Å²) in [6, 6.07) is 14.2. The Morgan fingerprint density at radius 1 is 1.13 bits per heavy atom. The second-order valence-electron chi connectivity index (χ2n) is 6.05. The summed E-state index contributed by atoms with van der Waals surface area (Å²) in [5, 5.41) is 2.32. The lowest BCUT2D eigenvalue weighted by atomic mass is 10.1. The van der Waals surface area contributed by atoms with Gasteiger partial charge in [-0.05, 0) is 22.8 Å². The van der Waals surface area contributed by atoms with Crippen molar-refractivity contribution in [2.45, 2.75) is 12.8 Å². The molecule has 1 aliphatic heterocycles. The topological polar surface area (TPSA) is 54.5 Å². The van der Waals surface area contributed by atoms with Gasteiger partial charge in [0.1, 0.15) is 0 Å². The number of rotatable bonds is 5. The molecular weight excluding hydrogens is 317 g/mol. The summed E-state index contributed by atoms with van der Waals surface area (Å²) < 4.78 is 34.2. The maximum Gasteiger partial charge on any atom is 0.302 e. The highest BCUT2D eigenvalue weighted by molar-refractivity contribution is 7.86. The fourth-order valence-electron chi connectivity index (χ4n) is 3.12. The predicted molar refractivity (Wildman–Crippen MR) is 87.2 cm³/mol. The standard InChI is InChI=1S/C17H18FNO3S/c18-23(21,22)12-14-10-17(20)19(11-14)8-7-13-5-6-15-3-1-2-4-16(15)9-13/h1-6,9,14H,7-8,10-12H2. The minimum atomic E-state index is -4.52. The lowest BCUT2D eigenvalue weighted by molar-refractivity contribution is -0.127. The Bertz CT molecular complexity index is 835. The van der Waals surface area contributed by atoms with Crippen molar-refractivity contribution in [3.8, 4) is 0 Å². The van der Waals surface area contributed by atoms with Gasteiger partial charge in [-0.25, -0.2) is 0 Å². The maximum absolute atomic E-state index is 12.7. The highest BCUT2D eigenvalue weighted by atomic mass is 32.3. The zero-order chi connectivity index (χ0) is 16.4. The van der Waals surface area contributed by atoms with E-state index in [4.69, 9.17) is 0 Å². The molecule has 0 aliphatic carbocycles. The average Bonchev–Trinajstić information content (AvgIpc) is 2.82. The first-order valence-corrected chi connectivity index (χ1v) is 9.14. The van der Waals surface area contributed by atoms with E-state index in [1.165, 1.54) is 5.39 Å². The molecule has 1 fully saturated rings. The minimum absolute atomic E-state index is 0.0977. The third kappa shape index (κ3) is 4.07. The molecule has 122 valence electrons. The van der Waals surface area contributed by atoms with Gasteiger partial charge >= 0.3 is 10.2 Å². The van der Waals surface area contributed by atoms with Gasteiger partial charge in [-0.3, -0.25) is 4.79 Å². The summed E-state index contributed by atoms with van der Waals surface area (Å²) in [5.74, 6) is -1.10. The van der Waals surface area contributed by atoms with Crippen LogP contribution < -0.4 is 0 Å². The molecule has 3 rings (SSSR count). The van der Waals surface area contributed by atoms with Crippen molar-refractivity contribution in [2.75, 3.05) is 18.8 Å². The van der Waals surface area contributed by atoms with E-state index in [0.29, 0.717) is 19.5 Å². The van der Waals surface area contributed by atoms with E-state index in [1.807, 2.05) is 30.3 Å². The summed E-state index contributed by atoms with van der Waals surface area (Å²) >= 11 is 0. The van der Waals surface area contributed by atoms with Gasteiger partial charge in [-0.2, -0.15) is 8.42 Å². The van der Waals surface area contributed by atoms with Gasteiger partial charge in [0.15, 0.2) is 0 Å². The minimum Gasteiger partial charge on any atom is -0.342 e. The molecule has 0 bridgehead atoms. The van der Waals surface area contributed by atoms with Crippen LogP contribution in [-0.2, 0) is 21.4 Å². The molecule has 0 spiro atoms. The Morgan fingerprint density at radius 2 is 1.87 bits per heavy atom. The zero-order valence-electron chi connectivity index (χ0n) is 12.6. The van der Waals surface area contributed by atoms with Crippen molar-refractivity contribution in [1.29, 1.82) is 0 Å². The van der Waals surface area contributed by atoms with Crippen LogP contribution in [0.15, 0.2) is 42.5 Å². The molecule has 1 aliphatic rings. The Kier molecular flexibility index (Phi) is 4.35. The molecule has 0 aromatic heterocycles. The van der Waals surface area contributed by atoms with Crippen LogP contribution in [0.5, 0.6) is 0 Å². The van der Waals surface area contributed by atoms with Crippen LogP contribution in [0.4, 0.5) is 3.89 Å². The number of amides is 1. The predicted octanol–water partition coefficient (Wildman–Crippen LogP) is 2.53. The largest absolute Gasteiger partial charge is 0.342 e. The normalized spacial score (nSPS) is 18.7. The molecule has 1 unspecified atom stereocenters. The van der Waals surface area contributed by atoms with E-state index >= 15 is 0 Å². The number of carbonyl (C=O) groups excluding carboxylic acids is 1. The molecule has 2 aromatic rings. The monoisotopic (exact) mass is 335 g/mol. The Balaban J connectivity index is 1.62. The van der Waals surface area contributed by atoms with Crippen LogP contribution in [0.1, 0.15) is 12.0 Å². The lowest BCUT2D eigenvalue weighted by Gasteiger charge is -2.16. The molecular formula is C17H18FNO3S. The third-order valence-electron chi connectivity index (χ3n) is 4.21. The van der Waals surface area contributed by atoms with E-state index in [0.717, 1.165) is 10.9 Å². The van der Waals surface area contributed by atoms with Crippen molar-refractivity contribution in [1.82, 2.24) is 4.90 Å². The zero-order valence-corrected chi connectivity index (χ0v) is 13.4. The van der Waals surface area contributed by atoms with Gasteiger partial charge in [0.25, 0.3) is 0 Å². The van der Waals surface area contributed by atoms with Crippen molar-refractivity contribution < 1.29 is 17.1 Å². The number of carbonyl (C=O) groups is 1. The first-order chi connectivity index (χ1) is 10.9. The lowest BCUT2D eigenvalue weighted by Crippen LogP contribution is -2.28. The molecule has 1 heterocycles. The van der Waals surface area contributed by atoms with Gasteiger partial charge in [-0.15, -0.1) is 3.89 Å². The highest BCUT2D eigenvalue weighted by Gasteiger charge is 2.32. The summed E-state index contributed by atoms with van der Waals surface area (Å²) in [7, 11) is -4.52. The van der Waals surface area contributed by atoms with Crippen molar-refractivity contribution >= 4 is 26.9 Å². The molecule has 0 saturated carbocycles. The molecule has 1 amide bonds. The van der Waals surface area contributed by atoms with E-state index in [9.17, 15) is 17.1 Å². The number of hydrogen-bond donors (Lipinski definition) is 0. The third-order valence-corrected chi connectivity index (χ3v) is 5.08. The molecule has 1 atom stereocenters. The van der Waals surface area contributed by atoms with Crippen LogP contribution in [0.3, 0.4) is 0 Å². The summed E-state index contributed by atoms with van der Waals surface area (Å²) in [6.07, 6.45) is 0.812. The Hall–Kier alpha value is -1.95. The van der Waals surface area contributed by atoms with Gasteiger partial charge in [0.05, 0.1) is 5.75 Å². The molecule has 0 radical (unpaired) electrons. The summed E-state index contributed by atoms with van der Waals surface area (Å²) in [5.41, 5.74) is 1.12. The van der Waals surface area contributed by atoms with Crippen LogP contribution in [0.2, 0.25) is 0 Å². The molecule has 6 heteroatoms. The van der Waals surface area contributed by atoms with Crippen LogP contribution in [0.25, 0.3) is 10.8 Å². The molecule has 4 nitrogen and oxygen atoms in total. The fraction of sp³-hybridized carbons (Fsp3) is 0.353. The number of benzene rings is 2. The molecule has 1 saturated heterocycles. The maximum atomic E-state index is 12.7. The number of halogens is 1. The summed E-state index contributed by atoms with van der Waals surface area (Å²) in [6.45, 7) is 0.843. The van der Waals surface area contributed by atoms with Crippen molar-refractivity contribution in [2.24, 2.45) is 5.92 Å². The first-order valence-electron chi connectivity index (χ1n) is 7.58. The van der Waals surface area contributed by atoms with Crippen molar-refractivity contribution in [3.05, 3.63) is 48.0 Å². The smallest absolute Gasteiger partial charge is 0.302 e. The quantitative estimate of drug-likeness (QED) is 0.789. The molecule has 2 aromatic carbocycles. The second-order valence-corrected chi connectivity index (χ2v) is 7.46. The second kappa shape index (κ2) is 6.28. The van der Waals surface area contributed by atoms with Crippen LogP contribution in [-0.4, -0.2) is 38.1 Å². The average molecular weight is 335 g/mol. The number of hydrogen-bond acceptors (Lipinski definition) is 3.